The number of fused-ring (bicyclic) bond motifs is 1. The van der Waals surface area contributed by atoms with Gasteiger partial charge in [0, 0.05) is 6.04 Å². The highest BCUT2D eigenvalue weighted by molar-refractivity contribution is 5.76. The maximum absolute atomic E-state index is 11.3. The van der Waals surface area contributed by atoms with Crippen molar-refractivity contribution in [2.45, 2.75) is 44.6 Å². The molecule has 13 heavy (non-hydrogen) atoms. The minimum absolute atomic E-state index is 0.243. The second-order valence-electron chi connectivity index (χ2n) is 4.32. The van der Waals surface area contributed by atoms with E-state index in [4.69, 9.17) is 0 Å². The first-order valence-corrected chi connectivity index (χ1v) is 5.22. The second-order valence-corrected chi connectivity index (χ2v) is 4.32. The number of rotatable bonds is 1. The fraction of sp³-hybridized carbons (Fsp3) is 0.900. The largest absolute Gasteiger partial charge is 0.481 e. The molecule has 1 aliphatic carbocycles. The molecule has 1 heterocycles. The van der Waals surface area contributed by atoms with E-state index in [1.54, 1.807) is 0 Å². The molecule has 3 heteroatoms. The van der Waals surface area contributed by atoms with Gasteiger partial charge in [-0.3, -0.25) is 4.79 Å². The summed E-state index contributed by atoms with van der Waals surface area (Å²) >= 11 is 0. The molecule has 1 aliphatic heterocycles. The Balaban J connectivity index is 2.21. The van der Waals surface area contributed by atoms with E-state index in [9.17, 15) is 9.90 Å². The molecule has 0 unspecified atom stereocenters. The Morgan fingerprint density at radius 1 is 1.31 bits per heavy atom. The molecule has 0 radical (unpaired) electrons. The topological polar surface area (TPSA) is 49.3 Å². The second kappa shape index (κ2) is 3.29. The van der Waals surface area contributed by atoms with E-state index in [0.29, 0.717) is 0 Å². The molecule has 3 nitrogen and oxygen atoms in total. The maximum Gasteiger partial charge on any atom is 0.311 e. The fourth-order valence-corrected chi connectivity index (χ4v) is 2.88. The standard InChI is InChI=1S/C10H17NO2/c12-9(13)10-5-2-1-4-8(10)11-7-3-6-10/h8,11H,1-7H2,(H,12,13)/t8-,10-/m0/s1. The van der Waals surface area contributed by atoms with Gasteiger partial charge in [-0.05, 0) is 32.2 Å². The van der Waals surface area contributed by atoms with E-state index in [-0.39, 0.29) is 6.04 Å². The lowest BCUT2D eigenvalue weighted by Crippen LogP contribution is -2.55. The van der Waals surface area contributed by atoms with Crippen molar-refractivity contribution in [1.82, 2.24) is 5.32 Å². The Kier molecular flexibility index (Phi) is 2.28. The molecule has 2 atom stereocenters. The zero-order valence-electron chi connectivity index (χ0n) is 7.88. The van der Waals surface area contributed by atoms with Crippen molar-refractivity contribution in [2.75, 3.05) is 6.54 Å². The van der Waals surface area contributed by atoms with Crippen LogP contribution in [0.2, 0.25) is 0 Å². The third kappa shape index (κ3) is 1.35. The normalized spacial score (nSPS) is 39.5. The van der Waals surface area contributed by atoms with Crippen molar-refractivity contribution < 1.29 is 9.90 Å². The molecule has 2 aliphatic rings. The Morgan fingerprint density at radius 2 is 2.08 bits per heavy atom. The van der Waals surface area contributed by atoms with Crippen molar-refractivity contribution in [1.29, 1.82) is 0 Å². The van der Waals surface area contributed by atoms with E-state index in [2.05, 4.69) is 5.32 Å². The third-order valence-electron chi connectivity index (χ3n) is 3.65. The van der Waals surface area contributed by atoms with E-state index in [0.717, 1.165) is 38.6 Å². The van der Waals surface area contributed by atoms with Crippen LogP contribution in [0.4, 0.5) is 0 Å². The van der Waals surface area contributed by atoms with Crippen LogP contribution in [-0.4, -0.2) is 23.7 Å². The van der Waals surface area contributed by atoms with Gasteiger partial charge < -0.3 is 10.4 Å². The molecule has 0 aromatic rings. The molecule has 2 N–H and O–H groups in total. The average molecular weight is 183 g/mol. The molecule has 0 spiro atoms. The highest BCUT2D eigenvalue weighted by Crippen LogP contribution is 2.42. The Hall–Kier alpha value is -0.570. The fourth-order valence-electron chi connectivity index (χ4n) is 2.88. The maximum atomic E-state index is 11.3. The highest BCUT2D eigenvalue weighted by Gasteiger charge is 2.48. The number of aliphatic carboxylic acids is 1. The summed E-state index contributed by atoms with van der Waals surface area (Å²) in [4.78, 5) is 11.3. The van der Waals surface area contributed by atoms with E-state index in [1.807, 2.05) is 0 Å². The van der Waals surface area contributed by atoms with Crippen LogP contribution in [0.3, 0.4) is 0 Å². The lowest BCUT2D eigenvalue weighted by atomic mass is 9.66. The van der Waals surface area contributed by atoms with Crippen LogP contribution >= 0.6 is 0 Å². The minimum Gasteiger partial charge on any atom is -0.481 e. The Morgan fingerprint density at radius 3 is 2.77 bits per heavy atom. The predicted molar refractivity (Wildman–Crippen MR) is 49.6 cm³/mol. The Bertz CT molecular complexity index is 203. The van der Waals surface area contributed by atoms with Crippen LogP contribution in [0.5, 0.6) is 0 Å². The van der Waals surface area contributed by atoms with Gasteiger partial charge in [0.15, 0.2) is 0 Å². The molecule has 1 saturated carbocycles. The van der Waals surface area contributed by atoms with E-state index >= 15 is 0 Å². The zero-order chi connectivity index (χ0) is 9.31. The summed E-state index contributed by atoms with van der Waals surface area (Å²) in [5.41, 5.74) is -0.420. The van der Waals surface area contributed by atoms with Crippen LogP contribution in [0, 0.1) is 5.41 Å². The van der Waals surface area contributed by atoms with Gasteiger partial charge in [0.25, 0.3) is 0 Å². The van der Waals surface area contributed by atoms with Gasteiger partial charge in [0.2, 0.25) is 0 Å². The van der Waals surface area contributed by atoms with Gasteiger partial charge in [-0.25, -0.2) is 0 Å². The molecule has 0 aromatic carbocycles. The van der Waals surface area contributed by atoms with Gasteiger partial charge in [-0.15, -0.1) is 0 Å². The van der Waals surface area contributed by atoms with Crippen LogP contribution in [0.25, 0.3) is 0 Å². The van der Waals surface area contributed by atoms with Crippen molar-refractivity contribution in [3.63, 3.8) is 0 Å². The number of carbonyl (C=O) groups is 1. The number of carboxylic acid groups (broad SMARTS) is 1. The van der Waals surface area contributed by atoms with Gasteiger partial charge in [0.05, 0.1) is 5.41 Å². The summed E-state index contributed by atoms with van der Waals surface area (Å²) < 4.78 is 0. The van der Waals surface area contributed by atoms with Gasteiger partial charge in [-0.2, -0.15) is 0 Å². The monoisotopic (exact) mass is 183 g/mol. The number of piperidine rings is 1. The van der Waals surface area contributed by atoms with Crippen molar-refractivity contribution in [3.05, 3.63) is 0 Å². The third-order valence-corrected chi connectivity index (χ3v) is 3.65. The molecule has 2 fully saturated rings. The van der Waals surface area contributed by atoms with Crippen molar-refractivity contribution in [2.24, 2.45) is 5.41 Å². The zero-order valence-corrected chi connectivity index (χ0v) is 7.88. The molecule has 2 rings (SSSR count). The van der Waals surface area contributed by atoms with Gasteiger partial charge >= 0.3 is 5.97 Å². The van der Waals surface area contributed by atoms with Crippen molar-refractivity contribution in [3.8, 4) is 0 Å². The average Bonchev–Trinajstić information content (AvgIpc) is 2.17. The Labute approximate surface area is 78.5 Å². The first kappa shape index (κ1) is 9.00. The molecular weight excluding hydrogens is 166 g/mol. The quantitative estimate of drug-likeness (QED) is 0.645. The van der Waals surface area contributed by atoms with Crippen LogP contribution in [0.1, 0.15) is 38.5 Å². The summed E-state index contributed by atoms with van der Waals surface area (Å²) in [6.07, 6.45) is 6.09. The number of hydrogen-bond acceptors (Lipinski definition) is 2. The van der Waals surface area contributed by atoms with Crippen LogP contribution in [-0.2, 0) is 4.79 Å². The number of carboxylic acids is 1. The van der Waals surface area contributed by atoms with E-state index < -0.39 is 11.4 Å². The first-order chi connectivity index (χ1) is 6.26. The molecular formula is C10H17NO2. The number of nitrogens with one attached hydrogen (secondary N) is 1. The molecule has 0 aromatic heterocycles. The van der Waals surface area contributed by atoms with Crippen molar-refractivity contribution >= 4 is 5.97 Å². The molecule has 0 bridgehead atoms. The minimum atomic E-state index is -0.579. The van der Waals surface area contributed by atoms with E-state index in [1.165, 1.54) is 6.42 Å². The summed E-state index contributed by atoms with van der Waals surface area (Å²) in [6, 6.07) is 0.243. The highest BCUT2D eigenvalue weighted by atomic mass is 16.4. The summed E-state index contributed by atoms with van der Waals surface area (Å²) in [7, 11) is 0. The summed E-state index contributed by atoms with van der Waals surface area (Å²) in [6.45, 7) is 1.000. The molecule has 1 saturated heterocycles. The SMILES string of the molecule is O=C(O)[C@]12CCCC[C@@H]1NCCC2. The lowest BCUT2D eigenvalue weighted by molar-refractivity contribution is -0.155. The van der Waals surface area contributed by atoms with Gasteiger partial charge in [0.1, 0.15) is 0 Å². The molecule has 0 amide bonds. The summed E-state index contributed by atoms with van der Waals surface area (Å²) in [5.74, 6) is -0.579. The van der Waals surface area contributed by atoms with Crippen LogP contribution < -0.4 is 5.32 Å². The summed E-state index contributed by atoms with van der Waals surface area (Å²) in [5, 5.41) is 12.6. The predicted octanol–water partition coefficient (Wildman–Crippen LogP) is 1.38. The lowest BCUT2D eigenvalue weighted by Gasteiger charge is -2.44. The van der Waals surface area contributed by atoms with Gasteiger partial charge in [-0.1, -0.05) is 12.8 Å². The smallest absolute Gasteiger partial charge is 0.311 e. The van der Waals surface area contributed by atoms with Crippen LogP contribution in [0.15, 0.2) is 0 Å². The molecule has 74 valence electrons. The number of hydrogen-bond donors (Lipinski definition) is 2. The first-order valence-electron chi connectivity index (χ1n) is 5.22.